The lowest BCUT2D eigenvalue weighted by Gasteiger charge is -2.28. The van der Waals surface area contributed by atoms with Crippen LogP contribution in [0.2, 0.25) is 0 Å². The van der Waals surface area contributed by atoms with Gasteiger partial charge in [-0.05, 0) is 80.1 Å². The van der Waals surface area contributed by atoms with Crippen LogP contribution in [0.3, 0.4) is 0 Å². The molecule has 0 amide bonds. The summed E-state index contributed by atoms with van der Waals surface area (Å²) in [6.07, 6.45) is 3.42. The lowest BCUT2D eigenvalue weighted by Crippen LogP contribution is -2.25. The molecule has 2 saturated carbocycles. The lowest BCUT2D eigenvalue weighted by molar-refractivity contribution is -0.0395. The molecule has 0 bridgehead atoms. The van der Waals surface area contributed by atoms with Crippen LogP contribution in [-0.2, 0) is 29.6 Å². The van der Waals surface area contributed by atoms with Crippen LogP contribution in [0.1, 0.15) is 80.4 Å². The van der Waals surface area contributed by atoms with Crippen LogP contribution >= 0.6 is 15.9 Å². The average Bonchev–Trinajstić information content (AvgIpc) is 3.66. The van der Waals surface area contributed by atoms with Crippen molar-refractivity contribution < 1.29 is 27.0 Å². The van der Waals surface area contributed by atoms with E-state index in [9.17, 15) is 22.4 Å². The van der Waals surface area contributed by atoms with Crippen molar-refractivity contribution >= 4 is 38.0 Å². The number of fused-ring (bicyclic) bond motifs is 2. The average molecular weight is 789 g/mol. The van der Waals surface area contributed by atoms with E-state index in [1.807, 2.05) is 49.5 Å². The minimum Gasteiger partial charge on any atom is -0.383 e. The standard InChI is InChI=1S/C23H27F2N3O2.C16H19BrF2N2O/c1-15-12-18(14-27(2)22(15)29)17-4-5-19-20(13-17)28(10-11-30-3)21(26-19)16-6-8-23(24,25)9-7-16;1-22-9-8-21-14-10-12(17)2-3-13(14)20-15(21)11-4-6-16(18,19)7-5-11/h4-5,12-14,16H,6-11H2,1-3H3;2-3,10-11H,4-9H2,1H3. The topological polar surface area (TPSA) is 76.1 Å². The predicted octanol–water partition coefficient (Wildman–Crippen LogP) is 9.39. The smallest absolute Gasteiger partial charge is 0.253 e. The highest BCUT2D eigenvalue weighted by atomic mass is 79.9. The van der Waals surface area contributed by atoms with E-state index in [1.54, 1.807) is 25.8 Å². The molecular formula is C39H46BrF4N5O3. The summed E-state index contributed by atoms with van der Waals surface area (Å²) in [5, 5.41) is 0. The number of hydrogen-bond acceptors (Lipinski definition) is 5. The number of ether oxygens (including phenoxy) is 2. The largest absolute Gasteiger partial charge is 0.383 e. The molecule has 7 rings (SSSR count). The highest BCUT2D eigenvalue weighted by molar-refractivity contribution is 9.10. The van der Waals surface area contributed by atoms with Crippen LogP contribution in [0.15, 0.2) is 57.9 Å². The van der Waals surface area contributed by atoms with Gasteiger partial charge in [0.15, 0.2) is 0 Å². The van der Waals surface area contributed by atoms with Crippen LogP contribution in [0.25, 0.3) is 33.2 Å². The first-order chi connectivity index (χ1) is 24.8. The zero-order valence-corrected chi connectivity index (χ0v) is 31.7. The number of hydrogen-bond donors (Lipinski definition) is 0. The predicted molar refractivity (Wildman–Crippen MR) is 199 cm³/mol. The third-order valence-corrected chi connectivity index (χ3v) is 10.9. The Bertz CT molecular complexity index is 2050. The number of halogens is 5. The van der Waals surface area contributed by atoms with E-state index >= 15 is 0 Å². The van der Waals surface area contributed by atoms with Gasteiger partial charge in [-0.1, -0.05) is 22.0 Å². The summed E-state index contributed by atoms with van der Waals surface area (Å²) in [5.41, 5.74) is 6.36. The fourth-order valence-electron chi connectivity index (χ4n) is 7.53. The van der Waals surface area contributed by atoms with Gasteiger partial charge < -0.3 is 23.2 Å². The van der Waals surface area contributed by atoms with E-state index in [0.29, 0.717) is 57.6 Å². The van der Waals surface area contributed by atoms with Crippen molar-refractivity contribution in [3.8, 4) is 11.1 Å². The molecule has 13 heteroatoms. The molecule has 8 nitrogen and oxygen atoms in total. The minimum atomic E-state index is -2.56. The number of pyridine rings is 1. The maximum absolute atomic E-state index is 13.7. The Balaban J connectivity index is 0.000000187. The molecule has 2 aliphatic carbocycles. The van der Waals surface area contributed by atoms with Crippen LogP contribution in [0.5, 0.6) is 0 Å². The Morgan fingerprint density at radius 2 is 1.23 bits per heavy atom. The maximum Gasteiger partial charge on any atom is 0.253 e. The van der Waals surface area contributed by atoms with Crippen molar-refractivity contribution in [1.82, 2.24) is 23.7 Å². The van der Waals surface area contributed by atoms with Gasteiger partial charge in [0.1, 0.15) is 11.6 Å². The molecule has 2 aliphatic rings. The van der Waals surface area contributed by atoms with Gasteiger partial charge in [0.05, 0.1) is 35.3 Å². The van der Waals surface area contributed by atoms with E-state index in [1.165, 1.54) is 0 Å². The van der Waals surface area contributed by atoms with Crippen molar-refractivity contribution in [1.29, 1.82) is 0 Å². The monoisotopic (exact) mass is 787 g/mol. The first kappa shape index (κ1) is 38.2. The van der Waals surface area contributed by atoms with E-state index in [2.05, 4.69) is 31.1 Å². The van der Waals surface area contributed by atoms with E-state index in [-0.39, 0.29) is 43.1 Å². The zero-order valence-electron chi connectivity index (χ0n) is 30.1. The molecular weight excluding hydrogens is 742 g/mol. The number of aromatic nitrogens is 5. The quantitative estimate of drug-likeness (QED) is 0.139. The molecule has 0 N–H and O–H groups in total. The molecule has 0 unspecified atom stereocenters. The second-order valence-corrected chi connectivity index (χ2v) is 15.1. The molecule has 3 heterocycles. The number of rotatable bonds is 9. The molecule has 52 heavy (non-hydrogen) atoms. The van der Waals surface area contributed by atoms with E-state index in [4.69, 9.17) is 19.4 Å². The molecule has 0 radical (unpaired) electrons. The Morgan fingerprint density at radius 1 is 0.750 bits per heavy atom. The lowest BCUT2D eigenvalue weighted by atomic mass is 9.86. The summed E-state index contributed by atoms with van der Waals surface area (Å²) in [5.74, 6) is -3.16. The second-order valence-electron chi connectivity index (χ2n) is 14.2. The fraction of sp³-hybridized carbons (Fsp3) is 0.513. The van der Waals surface area contributed by atoms with Crippen molar-refractivity contribution in [2.24, 2.45) is 7.05 Å². The third kappa shape index (κ3) is 8.47. The fourth-order valence-corrected chi connectivity index (χ4v) is 7.88. The van der Waals surface area contributed by atoms with Gasteiger partial charge in [0.2, 0.25) is 11.8 Å². The Morgan fingerprint density at radius 3 is 1.71 bits per heavy atom. The second kappa shape index (κ2) is 15.8. The summed E-state index contributed by atoms with van der Waals surface area (Å²) in [4.78, 5) is 21.6. The van der Waals surface area contributed by atoms with Crippen molar-refractivity contribution in [3.05, 3.63) is 80.7 Å². The molecule has 0 spiro atoms. The molecule has 3 aromatic heterocycles. The Kier molecular flexibility index (Phi) is 11.6. The molecule has 5 aromatic rings. The van der Waals surface area contributed by atoms with Gasteiger partial charge in [0, 0.05) is 88.1 Å². The summed E-state index contributed by atoms with van der Waals surface area (Å²) in [6, 6.07) is 13.9. The number of alkyl halides is 4. The highest BCUT2D eigenvalue weighted by Gasteiger charge is 2.38. The van der Waals surface area contributed by atoms with Crippen molar-refractivity contribution in [2.45, 2.75) is 95.1 Å². The van der Waals surface area contributed by atoms with Gasteiger partial charge in [-0.25, -0.2) is 27.5 Å². The molecule has 280 valence electrons. The van der Waals surface area contributed by atoms with Crippen LogP contribution in [0, 0.1) is 6.92 Å². The zero-order chi connectivity index (χ0) is 37.2. The first-order valence-corrected chi connectivity index (χ1v) is 18.7. The number of aryl methyl sites for hydroxylation is 2. The molecule has 2 fully saturated rings. The SMILES string of the molecule is COCCn1c(C2CCC(F)(F)CC2)nc2ccc(-c3cc(C)c(=O)n(C)c3)cc21.COCCn1c(C2CCC(F)(F)CC2)nc2ccc(Br)cc21. The van der Waals surface area contributed by atoms with Crippen molar-refractivity contribution in [2.75, 3.05) is 27.4 Å². The van der Waals surface area contributed by atoms with E-state index < -0.39 is 11.8 Å². The van der Waals surface area contributed by atoms with E-state index in [0.717, 1.165) is 49.3 Å². The first-order valence-electron chi connectivity index (χ1n) is 17.9. The molecule has 0 aliphatic heterocycles. The summed E-state index contributed by atoms with van der Waals surface area (Å²) in [6.45, 7) is 4.21. The minimum absolute atomic E-state index is 0.0126. The molecule has 2 aromatic carbocycles. The molecule has 0 saturated heterocycles. The highest BCUT2D eigenvalue weighted by Crippen LogP contribution is 2.43. The van der Waals surface area contributed by atoms with Crippen LogP contribution in [-0.4, -0.2) is 62.9 Å². The summed E-state index contributed by atoms with van der Waals surface area (Å²) >= 11 is 3.48. The summed E-state index contributed by atoms with van der Waals surface area (Å²) < 4.78 is 71.4. The Hall–Kier alpha value is -3.55. The van der Waals surface area contributed by atoms with Gasteiger partial charge in [-0.15, -0.1) is 0 Å². The normalized spacial score (nSPS) is 17.8. The third-order valence-electron chi connectivity index (χ3n) is 10.4. The van der Waals surface area contributed by atoms with Gasteiger partial charge in [0.25, 0.3) is 5.56 Å². The number of methoxy groups -OCH3 is 2. The van der Waals surface area contributed by atoms with Gasteiger partial charge in [-0.2, -0.15) is 0 Å². The Labute approximate surface area is 309 Å². The molecule has 0 atom stereocenters. The number of imidazole rings is 2. The van der Waals surface area contributed by atoms with Crippen LogP contribution < -0.4 is 5.56 Å². The maximum atomic E-state index is 13.7. The van der Waals surface area contributed by atoms with Crippen molar-refractivity contribution in [3.63, 3.8) is 0 Å². The van der Waals surface area contributed by atoms with Crippen LogP contribution in [0.4, 0.5) is 17.6 Å². The van der Waals surface area contributed by atoms with Gasteiger partial charge >= 0.3 is 0 Å². The van der Waals surface area contributed by atoms with Gasteiger partial charge in [-0.3, -0.25) is 4.79 Å². The summed E-state index contributed by atoms with van der Waals surface area (Å²) in [7, 11) is 5.06. The number of nitrogens with zero attached hydrogens (tertiary/aromatic N) is 5. The number of benzene rings is 2.